The van der Waals surface area contributed by atoms with Gasteiger partial charge in [-0.3, -0.25) is 9.59 Å². The Bertz CT molecular complexity index is 1160. The fourth-order valence-electron chi connectivity index (χ4n) is 3.71. The minimum Gasteiger partial charge on any atom is -0.336 e. The molecule has 0 saturated heterocycles. The molecule has 2 fully saturated rings. The van der Waals surface area contributed by atoms with E-state index in [4.69, 9.17) is 52.8 Å². The van der Waals surface area contributed by atoms with Gasteiger partial charge in [0.05, 0.1) is 21.5 Å². The molecule has 0 bridgehead atoms. The molecule has 2 aromatic carbocycles. The van der Waals surface area contributed by atoms with Crippen molar-refractivity contribution >= 4 is 63.9 Å². The van der Waals surface area contributed by atoms with Crippen LogP contribution in [0.5, 0.6) is 0 Å². The van der Waals surface area contributed by atoms with E-state index in [-0.39, 0.29) is 15.6 Å². The topological polar surface area (TPSA) is 58.2 Å². The van der Waals surface area contributed by atoms with Crippen LogP contribution in [0.3, 0.4) is 0 Å². The Labute approximate surface area is 204 Å². The average molecular weight is 514 g/mol. The maximum atomic E-state index is 13.9. The molecule has 0 aromatic heterocycles. The second-order valence-corrected chi connectivity index (χ2v) is 10.4. The Balaban J connectivity index is 1.52. The summed E-state index contributed by atoms with van der Waals surface area (Å²) >= 11 is 24.9. The van der Waals surface area contributed by atoms with Gasteiger partial charge in [-0.1, -0.05) is 35.2 Å². The fourth-order valence-corrected chi connectivity index (χ4v) is 5.02. The van der Waals surface area contributed by atoms with Gasteiger partial charge in [0, 0.05) is 11.6 Å². The van der Waals surface area contributed by atoms with Crippen LogP contribution in [0, 0.1) is 31.0 Å². The number of carbonyl (C=O) groups excluding carboxylic acids is 2. The van der Waals surface area contributed by atoms with Crippen molar-refractivity contribution in [3.8, 4) is 12.3 Å². The minimum atomic E-state index is -1.38. The lowest BCUT2D eigenvalue weighted by molar-refractivity contribution is -0.117. The molecular formula is C23H17Cl4FN2O2. The number of amides is 2. The van der Waals surface area contributed by atoms with Gasteiger partial charge in [-0.05, 0) is 55.2 Å². The number of carbonyl (C=O) groups is 2. The van der Waals surface area contributed by atoms with Gasteiger partial charge < -0.3 is 10.6 Å². The average Bonchev–Trinajstić information content (AvgIpc) is 3.62. The van der Waals surface area contributed by atoms with Crippen molar-refractivity contribution in [1.29, 1.82) is 0 Å². The van der Waals surface area contributed by atoms with Gasteiger partial charge >= 0.3 is 0 Å². The van der Waals surface area contributed by atoms with Crippen molar-refractivity contribution in [2.24, 2.45) is 5.92 Å². The number of nitrogens with one attached hydrogen (secondary N) is 2. The highest BCUT2D eigenvalue weighted by Gasteiger charge is 2.67. The van der Waals surface area contributed by atoms with Crippen molar-refractivity contribution in [3.05, 3.63) is 62.9 Å². The molecule has 0 radical (unpaired) electrons. The molecule has 4 rings (SSSR count). The summed E-state index contributed by atoms with van der Waals surface area (Å²) in [5, 5.41) is 5.66. The maximum absolute atomic E-state index is 13.9. The number of hydrogen-bond acceptors (Lipinski definition) is 2. The molecule has 4 nitrogen and oxygen atoms in total. The molecule has 32 heavy (non-hydrogen) atoms. The molecule has 9 heteroatoms. The second kappa shape index (κ2) is 8.11. The number of alkyl halides is 2. The summed E-state index contributed by atoms with van der Waals surface area (Å²) in [6.07, 6.45) is 6.88. The molecule has 2 N–H and O–H groups in total. The van der Waals surface area contributed by atoms with Crippen LogP contribution in [0.1, 0.15) is 40.2 Å². The maximum Gasteiger partial charge on any atom is 0.254 e. The van der Waals surface area contributed by atoms with Crippen molar-refractivity contribution in [1.82, 2.24) is 5.32 Å². The molecule has 2 atom stereocenters. The van der Waals surface area contributed by atoms with Gasteiger partial charge in [0.25, 0.3) is 5.91 Å². The quantitative estimate of drug-likeness (QED) is 0.388. The highest BCUT2D eigenvalue weighted by Crippen LogP contribution is 2.65. The lowest BCUT2D eigenvalue weighted by Crippen LogP contribution is -2.35. The number of benzene rings is 2. The summed E-state index contributed by atoms with van der Waals surface area (Å²) < 4.78 is 12.5. The predicted octanol–water partition coefficient (Wildman–Crippen LogP) is 5.86. The Morgan fingerprint density at radius 2 is 1.84 bits per heavy atom. The Morgan fingerprint density at radius 1 is 1.16 bits per heavy atom. The summed E-state index contributed by atoms with van der Waals surface area (Å²) in [6.45, 7) is 1.57. The van der Waals surface area contributed by atoms with Gasteiger partial charge in [0.2, 0.25) is 5.91 Å². The van der Waals surface area contributed by atoms with Crippen molar-refractivity contribution in [3.63, 3.8) is 0 Å². The number of rotatable bonds is 5. The minimum absolute atomic E-state index is 0.0658. The fraction of sp³-hybridized carbons (Fsp3) is 0.304. The van der Waals surface area contributed by atoms with Crippen molar-refractivity contribution in [2.45, 2.75) is 35.6 Å². The van der Waals surface area contributed by atoms with Gasteiger partial charge in [0.1, 0.15) is 15.7 Å². The summed E-state index contributed by atoms with van der Waals surface area (Å²) in [5.41, 5.74) is 0.794. The van der Waals surface area contributed by atoms with Crippen LogP contribution < -0.4 is 10.6 Å². The monoisotopic (exact) mass is 512 g/mol. The van der Waals surface area contributed by atoms with E-state index in [0.717, 1.165) is 0 Å². The van der Waals surface area contributed by atoms with E-state index >= 15 is 0 Å². The predicted molar refractivity (Wildman–Crippen MR) is 125 cm³/mol. The standard InChI is InChI=1S/C23H17Cl4FN2O2/c1-3-22(6-7-22)30-20(31)14-10-13(4-5-15(14)24)29-21(32)18-17(23(18,26)27)12-8-11(2)19(28)16(25)9-12/h1,4-5,8-10,17-18H,6-7H2,2H3,(H,29,32)(H,30,31). The Morgan fingerprint density at radius 3 is 2.44 bits per heavy atom. The number of anilines is 1. The van der Waals surface area contributed by atoms with Crippen LogP contribution >= 0.6 is 46.4 Å². The van der Waals surface area contributed by atoms with E-state index in [1.54, 1.807) is 19.1 Å². The zero-order chi connectivity index (χ0) is 23.4. The number of halogens is 5. The SMILES string of the molecule is C#CC1(NC(=O)c2cc(NC(=O)C3C(c4cc(C)c(F)c(Cl)c4)C3(Cl)Cl)ccc2Cl)CC1. The molecule has 2 aliphatic rings. The number of aryl methyl sites for hydroxylation is 1. The van der Waals surface area contributed by atoms with Gasteiger partial charge in [-0.2, -0.15) is 0 Å². The normalized spacial score (nSPS) is 21.9. The largest absolute Gasteiger partial charge is 0.336 e. The summed E-state index contributed by atoms with van der Waals surface area (Å²) in [6, 6.07) is 7.52. The van der Waals surface area contributed by atoms with Crippen LogP contribution in [0.15, 0.2) is 30.3 Å². The molecule has 2 saturated carbocycles. The summed E-state index contributed by atoms with van der Waals surface area (Å²) in [7, 11) is 0. The third kappa shape index (κ3) is 4.18. The van der Waals surface area contributed by atoms with Crippen LogP contribution in [0.25, 0.3) is 0 Å². The van der Waals surface area contributed by atoms with E-state index in [9.17, 15) is 14.0 Å². The van der Waals surface area contributed by atoms with E-state index < -0.39 is 39.3 Å². The molecule has 166 valence electrons. The van der Waals surface area contributed by atoms with Crippen molar-refractivity contribution < 1.29 is 14.0 Å². The smallest absolute Gasteiger partial charge is 0.254 e. The molecule has 2 unspecified atom stereocenters. The van der Waals surface area contributed by atoms with Crippen LogP contribution in [0.2, 0.25) is 10.0 Å². The van der Waals surface area contributed by atoms with E-state index in [0.29, 0.717) is 29.7 Å². The highest BCUT2D eigenvalue weighted by molar-refractivity contribution is 6.53. The number of terminal acetylenes is 1. The van der Waals surface area contributed by atoms with Gasteiger partial charge in [-0.15, -0.1) is 29.6 Å². The Hall–Kier alpha value is -1.97. The molecule has 2 aliphatic carbocycles. The van der Waals surface area contributed by atoms with Gasteiger partial charge in [-0.25, -0.2) is 4.39 Å². The second-order valence-electron chi connectivity index (χ2n) is 8.13. The third-order valence-corrected chi connectivity index (χ3v) is 7.33. The molecule has 0 heterocycles. The van der Waals surface area contributed by atoms with Gasteiger partial charge in [0.15, 0.2) is 0 Å². The molecular weight excluding hydrogens is 497 g/mol. The zero-order valence-corrected chi connectivity index (χ0v) is 19.8. The lowest BCUT2D eigenvalue weighted by Gasteiger charge is -2.13. The zero-order valence-electron chi connectivity index (χ0n) is 16.7. The van der Waals surface area contributed by atoms with Crippen LogP contribution in [-0.2, 0) is 4.79 Å². The molecule has 0 aliphatic heterocycles. The molecule has 2 amide bonds. The highest BCUT2D eigenvalue weighted by atomic mass is 35.5. The van der Waals surface area contributed by atoms with E-state index in [1.165, 1.54) is 18.2 Å². The van der Waals surface area contributed by atoms with E-state index in [2.05, 4.69) is 16.6 Å². The first kappa shape index (κ1) is 23.2. The number of hydrogen-bond donors (Lipinski definition) is 2. The summed E-state index contributed by atoms with van der Waals surface area (Å²) in [5.74, 6) is -0.191. The van der Waals surface area contributed by atoms with Crippen LogP contribution in [0.4, 0.5) is 10.1 Å². The van der Waals surface area contributed by atoms with E-state index in [1.807, 2.05) is 0 Å². The summed E-state index contributed by atoms with van der Waals surface area (Å²) in [4.78, 5) is 25.5. The third-order valence-electron chi connectivity index (χ3n) is 5.79. The first-order chi connectivity index (χ1) is 15.0. The first-order valence-electron chi connectivity index (χ1n) is 9.73. The first-order valence-corrected chi connectivity index (χ1v) is 11.2. The molecule has 2 aromatic rings. The van der Waals surface area contributed by atoms with Crippen LogP contribution in [-0.4, -0.2) is 21.7 Å². The van der Waals surface area contributed by atoms with Crippen molar-refractivity contribution in [2.75, 3.05) is 5.32 Å². The Kier molecular flexibility index (Phi) is 5.88. The molecule has 0 spiro atoms. The lowest BCUT2D eigenvalue weighted by atomic mass is 10.1.